The second-order valence-electron chi connectivity index (χ2n) is 10.2. The molecule has 1 aliphatic heterocycles. The standard InChI is InChI=1S/C28H40N6O4/c1-20(2)16-32(17-22-15-23(29)19-33(18-22)28(36)38-21(3)4)27(35)26-25(13-9-10-14-37-5)34(31-30-26)24-11-7-6-8-12-24/h6-8,11-12,21-22,29H,1,9-10,13-19H2,2-5H3. The summed E-state index contributed by atoms with van der Waals surface area (Å²) in [5.41, 5.74) is 3.18. The van der Waals surface area contributed by atoms with E-state index in [0.717, 1.165) is 29.8 Å². The first-order valence-corrected chi connectivity index (χ1v) is 13.1. The number of nitrogens with zero attached hydrogens (tertiary/aromatic N) is 5. The fraction of sp³-hybridized carbons (Fsp3) is 0.536. The van der Waals surface area contributed by atoms with E-state index in [1.165, 1.54) is 0 Å². The Morgan fingerprint density at radius 1 is 1.24 bits per heavy atom. The highest BCUT2D eigenvalue weighted by Gasteiger charge is 2.32. The van der Waals surface area contributed by atoms with Gasteiger partial charge in [-0.3, -0.25) is 4.79 Å². The maximum absolute atomic E-state index is 13.9. The molecule has 1 unspecified atom stereocenters. The van der Waals surface area contributed by atoms with E-state index < -0.39 is 6.09 Å². The maximum atomic E-state index is 13.9. The molecule has 206 valence electrons. The third kappa shape index (κ3) is 7.98. The number of likely N-dealkylation sites (tertiary alicyclic amines) is 1. The number of amides is 2. The molecule has 1 N–H and O–H groups in total. The number of methoxy groups -OCH3 is 1. The van der Waals surface area contributed by atoms with Gasteiger partial charge in [0.1, 0.15) is 0 Å². The molecule has 38 heavy (non-hydrogen) atoms. The highest BCUT2D eigenvalue weighted by molar-refractivity contribution is 5.94. The lowest BCUT2D eigenvalue weighted by Gasteiger charge is -2.35. The van der Waals surface area contributed by atoms with Crippen LogP contribution in [0.15, 0.2) is 42.5 Å². The van der Waals surface area contributed by atoms with Crippen molar-refractivity contribution in [3.8, 4) is 5.69 Å². The second kappa shape index (κ2) is 13.9. The number of hydrogen-bond donors (Lipinski definition) is 1. The van der Waals surface area contributed by atoms with Crippen molar-refractivity contribution >= 4 is 17.7 Å². The van der Waals surface area contributed by atoms with Crippen LogP contribution < -0.4 is 0 Å². The summed E-state index contributed by atoms with van der Waals surface area (Å²) in [7, 11) is 1.68. The molecule has 0 bridgehead atoms. The summed E-state index contributed by atoms with van der Waals surface area (Å²) < 4.78 is 12.3. The number of hydrogen-bond acceptors (Lipinski definition) is 7. The molecule has 2 aromatic rings. The molecule has 1 aromatic carbocycles. The predicted octanol–water partition coefficient (Wildman–Crippen LogP) is 4.14. The number of carbonyl (C=O) groups is 2. The second-order valence-corrected chi connectivity index (χ2v) is 10.2. The lowest BCUT2D eigenvalue weighted by Crippen LogP contribution is -2.49. The van der Waals surface area contributed by atoms with Gasteiger partial charge in [0.2, 0.25) is 0 Å². The molecule has 3 rings (SSSR count). The fourth-order valence-corrected chi connectivity index (χ4v) is 4.64. The lowest BCUT2D eigenvalue weighted by molar-refractivity contribution is 0.0644. The van der Waals surface area contributed by atoms with E-state index in [0.29, 0.717) is 50.5 Å². The fourth-order valence-electron chi connectivity index (χ4n) is 4.64. The monoisotopic (exact) mass is 524 g/mol. The van der Waals surface area contributed by atoms with Gasteiger partial charge in [-0.2, -0.15) is 0 Å². The van der Waals surface area contributed by atoms with Crippen LogP contribution in [0.2, 0.25) is 0 Å². The molecule has 0 spiro atoms. The first kappa shape index (κ1) is 29.0. The third-order valence-corrected chi connectivity index (χ3v) is 6.20. The van der Waals surface area contributed by atoms with Crippen molar-refractivity contribution in [2.24, 2.45) is 5.92 Å². The van der Waals surface area contributed by atoms with Crippen LogP contribution in [0.3, 0.4) is 0 Å². The van der Waals surface area contributed by atoms with Crippen molar-refractivity contribution in [2.75, 3.05) is 39.9 Å². The Bertz CT molecular complexity index is 1110. The highest BCUT2D eigenvalue weighted by atomic mass is 16.6. The number of nitrogens with one attached hydrogen (secondary N) is 1. The topological polar surface area (TPSA) is 114 Å². The van der Waals surface area contributed by atoms with Gasteiger partial charge in [0.05, 0.1) is 24.0 Å². The Kier molecular flexibility index (Phi) is 10.6. The molecule has 10 nitrogen and oxygen atoms in total. The predicted molar refractivity (Wildman–Crippen MR) is 146 cm³/mol. The molecule has 2 heterocycles. The number of para-hydroxylation sites is 1. The smallest absolute Gasteiger partial charge is 0.410 e. The van der Waals surface area contributed by atoms with Crippen molar-refractivity contribution in [3.63, 3.8) is 0 Å². The van der Waals surface area contributed by atoms with E-state index in [1.54, 1.807) is 35.4 Å². The van der Waals surface area contributed by atoms with Gasteiger partial charge in [0, 0.05) is 39.1 Å². The van der Waals surface area contributed by atoms with Crippen LogP contribution >= 0.6 is 0 Å². The van der Waals surface area contributed by atoms with Gasteiger partial charge in [-0.25, -0.2) is 9.48 Å². The third-order valence-electron chi connectivity index (χ3n) is 6.20. The lowest BCUT2D eigenvalue weighted by atomic mass is 9.95. The van der Waals surface area contributed by atoms with Crippen LogP contribution in [0.25, 0.3) is 5.69 Å². The van der Waals surface area contributed by atoms with Crippen molar-refractivity contribution in [1.29, 1.82) is 5.41 Å². The molecular weight excluding hydrogens is 484 g/mol. The minimum absolute atomic E-state index is 0.103. The van der Waals surface area contributed by atoms with Crippen molar-refractivity contribution in [3.05, 3.63) is 53.9 Å². The first-order chi connectivity index (χ1) is 18.2. The number of ether oxygens (including phenoxy) is 2. The minimum Gasteiger partial charge on any atom is -0.447 e. The number of piperidine rings is 1. The normalized spacial score (nSPS) is 15.6. The van der Waals surface area contributed by atoms with Crippen LogP contribution in [-0.4, -0.2) is 88.5 Å². The summed E-state index contributed by atoms with van der Waals surface area (Å²) >= 11 is 0. The minimum atomic E-state index is -0.434. The van der Waals surface area contributed by atoms with Crippen LogP contribution in [0.5, 0.6) is 0 Å². The van der Waals surface area contributed by atoms with E-state index in [4.69, 9.17) is 14.9 Å². The van der Waals surface area contributed by atoms with E-state index in [9.17, 15) is 9.59 Å². The van der Waals surface area contributed by atoms with Crippen molar-refractivity contribution in [2.45, 2.75) is 52.6 Å². The molecular formula is C28H40N6O4. The summed E-state index contributed by atoms with van der Waals surface area (Å²) in [5, 5.41) is 17.0. The van der Waals surface area contributed by atoms with Gasteiger partial charge in [0.15, 0.2) is 5.69 Å². The van der Waals surface area contributed by atoms with E-state index in [-0.39, 0.29) is 24.5 Å². The van der Waals surface area contributed by atoms with Crippen LogP contribution in [-0.2, 0) is 15.9 Å². The molecule has 1 saturated heterocycles. The van der Waals surface area contributed by atoms with Crippen LogP contribution in [0.4, 0.5) is 4.79 Å². The van der Waals surface area contributed by atoms with Crippen molar-refractivity contribution < 1.29 is 19.1 Å². The zero-order valence-corrected chi connectivity index (χ0v) is 23.0. The Morgan fingerprint density at radius 3 is 2.63 bits per heavy atom. The van der Waals surface area contributed by atoms with Gasteiger partial charge < -0.3 is 24.7 Å². The van der Waals surface area contributed by atoms with E-state index in [2.05, 4.69) is 16.9 Å². The molecule has 1 fully saturated rings. The van der Waals surface area contributed by atoms with Crippen LogP contribution in [0.1, 0.15) is 56.2 Å². The SMILES string of the molecule is C=C(C)CN(CC1CC(=N)CN(C(=O)OC(C)C)C1)C(=O)c1nnn(-c2ccccc2)c1CCCCOC. The van der Waals surface area contributed by atoms with Gasteiger partial charge in [-0.1, -0.05) is 35.6 Å². The Balaban J connectivity index is 1.86. The maximum Gasteiger partial charge on any atom is 0.410 e. The Hall–Kier alpha value is -3.53. The van der Waals surface area contributed by atoms with Crippen LogP contribution in [0, 0.1) is 11.3 Å². The summed E-state index contributed by atoms with van der Waals surface area (Å²) in [4.78, 5) is 29.7. The molecule has 10 heteroatoms. The van der Waals surface area contributed by atoms with E-state index in [1.807, 2.05) is 37.3 Å². The van der Waals surface area contributed by atoms with Gasteiger partial charge in [-0.05, 0) is 64.5 Å². The van der Waals surface area contributed by atoms with Gasteiger partial charge >= 0.3 is 6.09 Å². The average Bonchev–Trinajstić information content (AvgIpc) is 3.29. The molecule has 2 amide bonds. The zero-order valence-electron chi connectivity index (χ0n) is 23.0. The number of carbonyl (C=O) groups excluding carboxylic acids is 2. The molecule has 1 atom stereocenters. The van der Waals surface area contributed by atoms with E-state index >= 15 is 0 Å². The molecule has 1 aromatic heterocycles. The first-order valence-electron chi connectivity index (χ1n) is 13.1. The van der Waals surface area contributed by atoms with Gasteiger partial charge in [-0.15, -0.1) is 5.10 Å². The summed E-state index contributed by atoms with van der Waals surface area (Å²) in [6.45, 7) is 11.5. The summed E-state index contributed by atoms with van der Waals surface area (Å²) in [6.07, 6.45) is 2.12. The summed E-state index contributed by atoms with van der Waals surface area (Å²) in [6, 6.07) is 9.65. The number of aromatic nitrogens is 3. The Morgan fingerprint density at radius 2 is 1.97 bits per heavy atom. The van der Waals surface area contributed by atoms with Gasteiger partial charge in [0.25, 0.3) is 5.91 Å². The molecule has 0 saturated carbocycles. The molecule has 0 radical (unpaired) electrons. The average molecular weight is 525 g/mol. The molecule has 1 aliphatic rings. The number of benzene rings is 1. The largest absolute Gasteiger partial charge is 0.447 e. The number of unbranched alkanes of at least 4 members (excludes halogenated alkanes) is 1. The summed E-state index contributed by atoms with van der Waals surface area (Å²) in [5.74, 6) is -0.334. The highest BCUT2D eigenvalue weighted by Crippen LogP contribution is 2.21. The quantitative estimate of drug-likeness (QED) is 0.330. The number of rotatable bonds is 12. The van der Waals surface area contributed by atoms with Crippen molar-refractivity contribution in [1.82, 2.24) is 24.8 Å². The Labute approximate surface area is 225 Å². The zero-order chi connectivity index (χ0) is 27.7. The molecule has 0 aliphatic carbocycles.